The van der Waals surface area contributed by atoms with Crippen LogP contribution in [0.3, 0.4) is 0 Å². The summed E-state index contributed by atoms with van der Waals surface area (Å²) in [5.74, 6) is 0.375. The van der Waals surface area contributed by atoms with Crippen LogP contribution in [0.4, 0.5) is 0 Å². The fourth-order valence-corrected chi connectivity index (χ4v) is 3.43. The second kappa shape index (κ2) is 7.55. The van der Waals surface area contributed by atoms with Crippen molar-refractivity contribution in [3.8, 4) is 17.1 Å². The molecule has 1 aliphatic heterocycles. The first kappa shape index (κ1) is 17.2. The van der Waals surface area contributed by atoms with Gasteiger partial charge in [0.05, 0.1) is 0 Å². The second-order valence-corrected chi connectivity index (χ2v) is 6.33. The monoisotopic (exact) mass is 361 g/mol. The maximum atomic E-state index is 12.1. The number of benzene rings is 2. The van der Waals surface area contributed by atoms with E-state index >= 15 is 0 Å². The SMILES string of the molecule is O=C(O)C1c2ccccc2OCCN1Cc1ccccc1-c1ncccn1. The molecule has 4 rings (SSSR count). The van der Waals surface area contributed by atoms with E-state index in [-0.39, 0.29) is 0 Å². The van der Waals surface area contributed by atoms with E-state index in [9.17, 15) is 9.90 Å². The number of nitrogens with zero attached hydrogens (tertiary/aromatic N) is 3. The quantitative estimate of drug-likeness (QED) is 0.769. The summed E-state index contributed by atoms with van der Waals surface area (Å²) in [6, 6.07) is 16.2. The van der Waals surface area contributed by atoms with Gasteiger partial charge in [0.2, 0.25) is 0 Å². The Labute approximate surface area is 157 Å². The molecule has 1 N–H and O–H groups in total. The molecule has 0 saturated carbocycles. The van der Waals surface area contributed by atoms with E-state index in [0.717, 1.165) is 11.1 Å². The third-order valence-corrected chi connectivity index (χ3v) is 4.65. The van der Waals surface area contributed by atoms with Crippen molar-refractivity contribution >= 4 is 5.97 Å². The number of aliphatic carboxylic acids is 1. The van der Waals surface area contributed by atoms with E-state index in [1.807, 2.05) is 53.4 Å². The summed E-state index contributed by atoms with van der Waals surface area (Å²) in [7, 11) is 0. The van der Waals surface area contributed by atoms with Gasteiger partial charge in [0.1, 0.15) is 18.4 Å². The van der Waals surface area contributed by atoms with E-state index < -0.39 is 12.0 Å². The van der Waals surface area contributed by atoms with Gasteiger partial charge < -0.3 is 9.84 Å². The zero-order valence-corrected chi connectivity index (χ0v) is 14.7. The van der Waals surface area contributed by atoms with E-state index in [1.165, 1.54) is 0 Å². The van der Waals surface area contributed by atoms with Crippen LogP contribution >= 0.6 is 0 Å². The van der Waals surface area contributed by atoms with Crippen molar-refractivity contribution in [1.29, 1.82) is 0 Å². The molecule has 0 spiro atoms. The molecule has 1 atom stereocenters. The van der Waals surface area contributed by atoms with Crippen LogP contribution in [0.25, 0.3) is 11.4 Å². The van der Waals surface area contributed by atoms with E-state index in [0.29, 0.717) is 36.8 Å². The predicted octanol–water partition coefficient (Wildman–Crippen LogP) is 3.16. The largest absolute Gasteiger partial charge is 0.492 e. The molecule has 1 aliphatic rings. The first-order chi connectivity index (χ1) is 13.2. The van der Waals surface area contributed by atoms with Crippen molar-refractivity contribution in [3.63, 3.8) is 0 Å². The highest BCUT2D eigenvalue weighted by Gasteiger charge is 2.32. The maximum absolute atomic E-state index is 12.1. The minimum atomic E-state index is -0.888. The van der Waals surface area contributed by atoms with Crippen LogP contribution in [0.2, 0.25) is 0 Å². The predicted molar refractivity (Wildman–Crippen MR) is 100 cm³/mol. The van der Waals surface area contributed by atoms with E-state index in [1.54, 1.807) is 18.5 Å². The minimum Gasteiger partial charge on any atom is -0.492 e. The van der Waals surface area contributed by atoms with Crippen LogP contribution in [0.15, 0.2) is 67.0 Å². The first-order valence-corrected chi connectivity index (χ1v) is 8.78. The lowest BCUT2D eigenvalue weighted by atomic mass is 10.0. The average molecular weight is 361 g/mol. The first-order valence-electron chi connectivity index (χ1n) is 8.78. The number of para-hydroxylation sites is 1. The van der Waals surface area contributed by atoms with Gasteiger partial charge in [-0.15, -0.1) is 0 Å². The highest BCUT2D eigenvalue weighted by molar-refractivity contribution is 5.77. The van der Waals surface area contributed by atoms with Crippen LogP contribution in [-0.2, 0) is 11.3 Å². The number of aromatic nitrogens is 2. The lowest BCUT2D eigenvalue weighted by Crippen LogP contribution is -2.34. The van der Waals surface area contributed by atoms with Crippen LogP contribution in [0, 0.1) is 0 Å². The van der Waals surface area contributed by atoms with Gasteiger partial charge in [-0.3, -0.25) is 9.69 Å². The molecule has 27 heavy (non-hydrogen) atoms. The van der Waals surface area contributed by atoms with Gasteiger partial charge in [-0.2, -0.15) is 0 Å². The zero-order chi connectivity index (χ0) is 18.6. The number of fused-ring (bicyclic) bond motifs is 1. The number of carboxylic acid groups (broad SMARTS) is 1. The van der Waals surface area contributed by atoms with Gasteiger partial charge in [0.15, 0.2) is 5.82 Å². The molecule has 6 heteroatoms. The van der Waals surface area contributed by atoms with Crippen LogP contribution in [-0.4, -0.2) is 39.1 Å². The fourth-order valence-electron chi connectivity index (χ4n) is 3.43. The molecule has 0 saturated heterocycles. The molecule has 3 aromatic rings. The number of rotatable bonds is 4. The Morgan fingerprint density at radius 2 is 1.81 bits per heavy atom. The molecule has 0 radical (unpaired) electrons. The Hall–Kier alpha value is -3.25. The smallest absolute Gasteiger partial charge is 0.325 e. The van der Waals surface area contributed by atoms with Gasteiger partial charge in [-0.05, 0) is 17.7 Å². The van der Waals surface area contributed by atoms with E-state index in [4.69, 9.17) is 4.74 Å². The highest BCUT2D eigenvalue weighted by Crippen LogP contribution is 2.34. The van der Waals surface area contributed by atoms with E-state index in [2.05, 4.69) is 9.97 Å². The molecule has 2 heterocycles. The molecule has 136 valence electrons. The summed E-state index contributed by atoms with van der Waals surface area (Å²) < 4.78 is 5.78. The molecule has 0 fully saturated rings. The van der Waals surface area contributed by atoms with Crippen molar-refractivity contribution in [2.75, 3.05) is 13.2 Å². The molecule has 1 aromatic heterocycles. The fraction of sp³-hybridized carbons (Fsp3) is 0.190. The van der Waals surface area contributed by atoms with Crippen LogP contribution in [0.5, 0.6) is 5.75 Å². The number of hydrogen-bond donors (Lipinski definition) is 1. The Balaban J connectivity index is 1.71. The minimum absolute atomic E-state index is 0.435. The number of carboxylic acids is 1. The summed E-state index contributed by atoms with van der Waals surface area (Å²) in [5.41, 5.74) is 2.56. The lowest BCUT2D eigenvalue weighted by Gasteiger charge is -2.27. The Morgan fingerprint density at radius 3 is 2.63 bits per heavy atom. The Bertz CT molecular complexity index is 946. The second-order valence-electron chi connectivity index (χ2n) is 6.33. The maximum Gasteiger partial charge on any atom is 0.325 e. The normalized spacial score (nSPS) is 16.8. The number of carbonyl (C=O) groups is 1. The molecule has 2 aromatic carbocycles. The van der Waals surface area contributed by atoms with Crippen molar-refractivity contribution < 1.29 is 14.6 Å². The lowest BCUT2D eigenvalue weighted by molar-refractivity contribution is -0.143. The molecular formula is C21H19N3O3. The summed E-state index contributed by atoms with van der Waals surface area (Å²) in [6.07, 6.45) is 3.41. The van der Waals surface area contributed by atoms with Crippen molar-refractivity contribution in [3.05, 3.63) is 78.1 Å². The molecular weight excluding hydrogens is 342 g/mol. The van der Waals surface area contributed by atoms with Crippen LogP contribution in [0.1, 0.15) is 17.2 Å². The summed E-state index contributed by atoms with van der Waals surface area (Å²) in [5, 5.41) is 9.92. The molecule has 0 bridgehead atoms. The number of ether oxygens (including phenoxy) is 1. The summed E-state index contributed by atoms with van der Waals surface area (Å²) >= 11 is 0. The standard InChI is InChI=1S/C21H19N3O3/c25-21(26)19-17-8-3-4-9-18(17)27-13-12-24(19)14-15-6-1-2-7-16(15)20-22-10-5-11-23-20/h1-11,19H,12-14H2,(H,25,26). The van der Waals surface area contributed by atoms with Crippen molar-refractivity contribution in [2.24, 2.45) is 0 Å². The molecule has 1 unspecified atom stereocenters. The van der Waals surface area contributed by atoms with Crippen LogP contribution < -0.4 is 4.74 Å². The Morgan fingerprint density at radius 1 is 1.07 bits per heavy atom. The number of hydrogen-bond acceptors (Lipinski definition) is 5. The van der Waals surface area contributed by atoms with Gasteiger partial charge >= 0.3 is 5.97 Å². The topological polar surface area (TPSA) is 75.6 Å². The molecule has 6 nitrogen and oxygen atoms in total. The van der Waals surface area contributed by atoms with Gasteiger partial charge in [-0.1, -0.05) is 42.5 Å². The van der Waals surface area contributed by atoms with Gasteiger partial charge in [-0.25, -0.2) is 9.97 Å². The van der Waals surface area contributed by atoms with Gasteiger partial charge in [0.25, 0.3) is 0 Å². The van der Waals surface area contributed by atoms with Crippen molar-refractivity contribution in [1.82, 2.24) is 14.9 Å². The average Bonchev–Trinajstić information content (AvgIpc) is 2.88. The third kappa shape index (κ3) is 3.52. The molecule has 0 amide bonds. The summed E-state index contributed by atoms with van der Waals surface area (Å²) in [4.78, 5) is 22.7. The zero-order valence-electron chi connectivity index (χ0n) is 14.7. The Kier molecular flexibility index (Phi) is 4.80. The van der Waals surface area contributed by atoms with Gasteiger partial charge in [0, 0.05) is 36.6 Å². The summed E-state index contributed by atoms with van der Waals surface area (Å²) in [6.45, 7) is 1.41. The molecule has 0 aliphatic carbocycles. The highest BCUT2D eigenvalue weighted by atomic mass is 16.5. The van der Waals surface area contributed by atoms with Crippen molar-refractivity contribution in [2.45, 2.75) is 12.6 Å². The third-order valence-electron chi connectivity index (χ3n) is 4.65.